The Morgan fingerprint density at radius 3 is 2.14 bits per heavy atom. The molecule has 21 heavy (non-hydrogen) atoms. The number of carbonyl (C=O) groups is 2. The Hall–Kier alpha value is -2.47. The van der Waals surface area contributed by atoms with E-state index >= 15 is 0 Å². The molecule has 0 aliphatic heterocycles. The van der Waals surface area contributed by atoms with Crippen molar-refractivity contribution in [2.75, 3.05) is 5.32 Å². The number of nitrogens with one attached hydrogen (secondary N) is 1. The van der Waals surface area contributed by atoms with Crippen molar-refractivity contribution in [3.8, 4) is 0 Å². The zero-order chi connectivity index (χ0) is 15.6. The van der Waals surface area contributed by atoms with Crippen LogP contribution in [-0.2, 0) is 0 Å². The molecule has 1 amide bonds. The predicted molar refractivity (Wildman–Crippen MR) is 72.7 cm³/mol. The highest BCUT2D eigenvalue weighted by Crippen LogP contribution is 2.21. The Balaban J connectivity index is 2.35. The minimum atomic E-state index is -1.32. The number of hydrogen-bond acceptors (Lipinski definition) is 2. The van der Waals surface area contributed by atoms with E-state index in [4.69, 9.17) is 16.7 Å². The van der Waals surface area contributed by atoms with Gasteiger partial charge in [0, 0.05) is 0 Å². The fourth-order valence-electron chi connectivity index (χ4n) is 1.67. The van der Waals surface area contributed by atoms with Crippen LogP contribution in [0.25, 0.3) is 0 Å². The Kier molecular flexibility index (Phi) is 4.18. The van der Waals surface area contributed by atoms with Crippen molar-refractivity contribution in [1.29, 1.82) is 0 Å². The number of benzene rings is 2. The summed E-state index contributed by atoms with van der Waals surface area (Å²) in [5.41, 5.74) is -0.547. The van der Waals surface area contributed by atoms with Crippen LogP contribution in [0.4, 0.5) is 14.5 Å². The molecule has 0 bridgehead atoms. The molecule has 0 fully saturated rings. The van der Waals surface area contributed by atoms with Gasteiger partial charge in [-0.1, -0.05) is 11.6 Å². The Morgan fingerprint density at radius 2 is 1.57 bits per heavy atom. The van der Waals surface area contributed by atoms with Gasteiger partial charge in [-0.15, -0.1) is 0 Å². The summed E-state index contributed by atoms with van der Waals surface area (Å²) in [4.78, 5) is 23.0. The van der Waals surface area contributed by atoms with E-state index < -0.39 is 23.5 Å². The maximum Gasteiger partial charge on any atom is 0.337 e. The van der Waals surface area contributed by atoms with E-state index in [2.05, 4.69) is 5.32 Å². The topological polar surface area (TPSA) is 66.4 Å². The molecule has 0 saturated heterocycles. The van der Waals surface area contributed by atoms with Gasteiger partial charge in [0.1, 0.15) is 11.6 Å². The van der Waals surface area contributed by atoms with Crippen LogP contribution < -0.4 is 5.32 Å². The van der Waals surface area contributed by atoms with E-state index in [0.29, 0.717) is 0 Å². The molecule has 2 N–H and O–H groups in total. The van der Waals surface area contributed by atoms with Crippen molar-refractivity contribution in [3.63, 3.8) is 0 Å². The van der Waals surface area contributed by atoms with Crippen LogP contribution in [0, 0.1) is 11.6 Å². The van der Waals surface area contributed by atoms with Crippen molar-refractivity contribution in [3.05, 3.63) is 64.2 Å². The first kappa shape index (κ1) is 14.9. The van der Waals surface area contributed by atoms with Gasteiger partial charge in [0.2, 0.25) is 0 Å². The average molecular weight is 312 g/mol. The normalized spacial score (nSPS) is 10.2. The van der Waals surface area contributed by atoms with E-state index in [0.717, 1.165) is 36.4 Å². The summed E-state index contributed by atoms with van der Waals surface area (Å²) in [7, 11) is 0. The summed E-state index contributed by atoms with van der Waals surface area (Å²) >= 11 is 5.73. The van der Waals surface area contributed by atoms with Gasteiger partial charge in [-0.05, 0) is 36.4 Å². The molecule has 4 nitrogen and oxygen atoms in total. The van der Waals surface area contributed by atoms with Crippen molar-refractivity contribution in [2.24, 2.45) is 0 Å². The fraction of sp³-hybridized carbons (Fsp3) is 0. The third kappa shape index (κ3) is 3.35. The molecule has 108 valence electrons. The Labute approximate surface area is 123 Å². The highest BCUT2D eigenvalue weighted by molar-refractivity contribution is 6.34. The largest absolute Gasteiger partial charge is 0.478 e. The molecule has 0 spiro atoms. The lowest BCUT2D eigenvalue weighted by atomic mass is 10.1. The van der Waals surface area contributed by atoms with Crippen molar-refractivity contribution in [2.45, 2.75) is 0 Å². The van der Waals surface area contributed by atoms with E-state index in [1.165, 1.54) is 0 Å². The number of carboxylic acids is 1. The SMILES string of the molecule is O=C(Nc1cc(F)ccc1C(=O)O)c1ccc(F)cc1Cl. The molecular weight excluding hydrogens is 304 g/mol. The number of aromatic carboxylic acids is 1. The lowest BCUT2D eigenvalue weighted by Gasteiger charge is -2.09. The van der Waals surface area contributed by atoms with E-state index in [9.17, 15) is 18.4 Å². The molecule has 0 atom stereocenters. The highest BCUT2D eigenvalue weighted by Gasteiger charge is 2.16. The lowest BCUT2D eigenvalue weighted by molar-refractivity contribution is 0.0698. The molecule has 0 radical (unpaired) electrons. The molecule has 0 aliphatic carbocycles. The predicted octanol–water partition coefficient (Wildman–Crippen LogP) is 3.57. The van der Waals surface area contributed by atoms with Gasteiger partial charge in [-0.2, -0.15) is 0 Å². The first-order valence-corrected chi connectivity index (χ1v) is 6.05. The summed E-state index contributed by atoms with van der Waals surface area (Å²) in [5, 5.41) is 11.1. The number of carboxylic acid groups (broad SMARTS) is 1. The minimum Gasteiger partial charge on any atom is -0.478 e. The third-order valence-corrected chi connectivity index (χ3v) is 2.95. The second kappa shape index (κ2) is 5.88. The Morgan fingerprint density at radius 1 is 1.00 bits per heavy atom. The minimum absolute atomic E-state index is 0.0568. The standard InChI is InChI=1S/C14H8ClF2NO3/c15-11-5-7(16)1-3-9(11)13(19)18-12-6-8(17)2-4-10(12)14(20)21/h1-6H,(H,18,19)(H,20,21). The lowest BCUT2D eigenvalue weighted by Crippen LogP contribution is -2.15. The Bertz CT molecular complexity index is 734. The van der Waals surface area contributed by atoms with Crippen LogP contribution in [0.2, 0.25) is 5.02 Å². The molecule has 0 aliphatic rings. The quantitative estimate of drug-likeness (QED) is 0.910. The maximum atomic E-state index is 13.2. The third-order valence-electron chi connectivity index (χ3n) is 2.64. The van der Waals surface area contributed by atoms with Gasteiger partial charge in [0.25, 0.3) is 5.91 Å². The number of amides is 1. The molecule has 0 heterocycles. The molecule has 2 rings (SSSR count). The van der Waals surface area contributed by atoms with Crippen LogP contribution in [0.15, 0.2) is 36.4 Å². The molecule has 2 aromatic rings. The molecule has 0 aromatic heterocycles. The number of rotatable bonds is 3. The second-order valence-corrected chi connectivity index (χ2v) is 4.48. The molecular formula is C14H8ClF2NO3. The summed E-state index contributed by atoms with van der Waals surface area (Å²) in [6.45, 7) is 0. The number of anilines is 1. The van der Waals surface area contributed by atoms with Gasteiger partial charge in [0.05, 0.1) is 21.8 Å². The highest BCUT2D eigenvalue weighted by atomic mass is 35.5. The van der Waals surface area contributed by atoms with Crippen LogP contribution in [0.3, 0.4) is 0 Å². The zero-order valence-electron chi connectivity index (χ0n) is 10.4. The van der Waals surface area contributed by atoms with Crippen LogP contribution >= 0.6 is 11.6 Å². The fourth-order valence-corrected chi connectivity index (χ4v) is 1.92. The number of carbonyl (C=O) groups excluding carboxylic acids is 1. The van der Waals surface area contributed by atoms with E-state index in [1.54, 1.807) is 0 Å². The van der Waals surface area contributed by atoms with Gasteiger partial charge in [0.15, 0.2) is 0 Å². The van der Waals surface area contributed by atoms with Crippen LogP contribution in [0.5, 0.6) is 0 Å². The first-order valence-electron chi connectivity index (χ1n) is 5.67. The molecule has 0 saturated carbocycles. The van der Waals surface area contributed by atoms with Gasteiger partial charge >= 0.3 is 5.97 Å². The first-order chi connectivity index (χ1) is 9.88. The van der Waals surface area contributed by atoms with Crippen molar-refractivity contribution >= 4 is 29.2 Å². The number of halogens is 3. The smallest absolute Gasteiger partial charge is 0.337 e. The van der Waals surface area contributed by atoms with E-state index in [-0.39, 0.29) is 21.8 Å². The average Bonchev–Trinajstić information content (AvgIpc) is 2.37. The number of hydrogen-bond donors (Lipinski definition) is 2. The van der Waals surface area contributed by atoms with Gasteiger partial charge in [-0.25, -0.2) is 13.6 Å². The summed E-state index contributed by atoms with van der Waals surface area (Å²) in [6.07, 6.45) is 0. The summed E-state index contributed by atoms with van der Waals surface area (Å²) < 4.78 is 26.1. The summed E-state index contributed by atoms with van der Waals surface area (Å²) in [5.74, 6) is -3.42. The van der Waals surface area contributed by atoms with Crippen molar-refractivity contribution in [1.82, 2.24) is 0 Å². The molecule has 7 heteroatoms. The maximum absolute atomic E-state index is 13.2. The van der Waals surface area contributed by atoms with Crippen LogP contribution in [0.1, 0.15) is 20.7 Å². The molecule has 0 unspecified atom stereocenters. The second-order valence-electron chi connectivity index (χ2n) is 4.07. The summed E-state index contributed by atoms with van der Waals surface area (Å²) in [6, 6.07) is 5.99. The monoisotopic (exact) mass is 311 g/mol. The van der Waals surface area contributed by atoms with Gasteiger partial charge < -0.3 is 10.4 Å². The molecule has 2 aromatic carbocycles. The van der Waals surface area contributed by atoms with Crippen molar-refractivity contribution < 1.29 is 23.5 Å². The van der Waals surface area contributed by atoms with Crippen LogP contribution in [-0.4, -0.2) is 17.0 Å². The van der Waals surface area contributed by atoms with Gasteiger partial charge in [-0.3, -0.25) is 4.79 Å². The van der Waals surface area contributed by atoms with E-state index in [1.807, 2.05) is 0 Å². The zero-order valence-corrected chi connectivity index (χ0v) is 11.1.